The Hall–Kier alpha value is -2.56. The molecule has 0 bridgehead atoms. The summed E-state index contributed by atoms with van der Waals surface area (Å²) in [6.45, 7) is 0.910. The number of hydrogen-bond acceptors (Lipinski definition) is 2. The first kappa shape index (κ1) is 19.2. The summed E-state index contributed by atoms with van der Waals surface area (Å²) in [4.78, 5) is 18.9. The average Bonchev–Trinajstić information content (AvgIpc) is 2.67. The average molecular weight is 400 g/mol. The van der Waals surface area contributed by atoms with E-state index >= 15 is 0 Å². The molecule has 1 aromatic heterocycles. The van der Waals surface area contributed by atoms with E-state index in [1.54, 1.807) is 35.4 Å². The van der Waals surface area contributed by atoms with Crippen LogP contribution in [-0.2, 0) is 13.0 Å². The van der Waals surface area contributed by atoms with Gasteiger partial charge in [0.1, 0.15) is 0 Å². The topological polar surface area (TPSA) is 45.2 Å². The molecule has 3 rings (SSSR count). The van der Waals surface area contributed by atoms with Gasteiger partial charge in [0.25, 0.3) is 0 Å². The van der Waals surface area contributed by atoms with Crippen LogP contribution in [0, 0.1) is 0 Å². The smallest absolute Gasteiger partial charge is 0.320 e. The molecule has 0 saturated heterocycles. The van der Waals surface area contributed by atoms with Gasteiger partial charge in [0.15, 0.2) is 0 Å². The van der Waals surface area contributed by atoms with Crippen molar-refractivity contribution in [3.63, 3.8) is 0 Å². The number of hydrogen-bond donors (Lipinski definition) is 1. The highest BCUT2D eigenvalue weighted by molar-refractivity contribution is 6.31. The fourth-order valence-corrected chi connectivity index (χ4v) is 3.03. The second-order valence-corrected chi connectivity index (χ2v) is 6.87. The summed E-state index contributed by atoms with van der Waals surface area (Å²) in [6, 6.07) is 20.1. The molecule has 1 N–H and O–H groups in total. The van der Waals surface area contributed by atoms with Crippen molar-refractivity contribution in [3.8, 4) is 0 Å². The van der Waals surface area contributed by atoms with Crippen LogP contribution >= 0.6 is 23.2 Å². The van der Waals surface area contributed by atoms with Crippen LogP contribution in [-0.4, -0.2) is 22.5 Å². The van der Waals surface area contributed by atoms with E-state index in [1.165, 1.54) is 0 Å². The highest BCUT2D eigenvalue weighted by atomic mass is 35.5. The Bertz CT molecular complexity index is 903. The molecule has 27 heavy (non-hydrogen) atoms. The van der Waals surface area contributed by atoms with Crippen LogP contribution < -0.4 is 5.32 Å². The first-order chi connectivity index (χ1) is 13.1. The first-order valence-electron chi connectivity index (χ1n) is 8.56. The molecule has 0 saturated carbocycles. The van der Waals surface area contributed by atoms with Gasteiger partial charge in [-0.3, -0.25) is 4.98 Å². The maximum Gasteiger partial charge on any atom is 0.322 e. The molecule has 0 spiro atoms. The molecule has 0 aliphatic carbocycles. The van der Waals surface area contributed by atoms with E-state index in [0.717, 1.165) is 11.3 Å². The van der Waals surface area contributed by atoms with Crippen molar-refractivity contribution in [2.24, 2.45) is 0 Å². The van der Waals surface area contributed by atoms with Gasteiger partial charge >= 0.3 is 6.03 Å². The Morgan fingerprint density at radius 1 is 1.00 bits per heavy atom. The zero-order valence-electron chi connectivity index (χ0n) is 14.6. The molecule has 4 nitrogen and oxygen atoms in total. The number of nitrogens with zero attached hydrogens (tertiary/aromatic N) is 2. The lowest BCUT2D eigenvalue weighted by molar-refractivity contribution is 0.209. The third kappa shape index (κ3) is 5.71. The molecule has 2 amide bonds. The third-order valence-corrected chi connectivity index (χ3v) is 4.65. The van der Waals surface area contributed by atoms with E-state index in [1.807, 2.05) is 42.5 Å². The molecule has 1 heterocycles. The maximum absolute atomic E-state index is 12.9. The van der Waals surface area contributed by atoms with Gasteiger partial charge < -0.3 is 10.2 Å². The minimum atomic E-state index is -0.215. The van der Waals surface area contributed by atoms with Gasteiger partial charge in [-0.05, 0) is 42.0 Å². The van der Waals surface area contributed by atoms with Gasteiger partial charge in [0.05, 0.1) is 0 Å². The predicted molar refractivity (Wildman–Crippen MR) is 110 cm³/mol. The number of amides is 2. The minimum Gasteiger partial charge on any atom is -0.320 e. The molecule has 2 aromatic carbocycles. The quantitative estimate of drug-likeness (QED) is 0.580. The summed E-state index contributed by atoms with van der Waals surface area (Å²) in [5.41, 5.74) is 2.47. The Kier molecular flexibility index (Phi) is 6.69. The fourth-order valence-electron chi connectivity index (χ4n) is 2.65. The largest absolute Gasteiger partial charge is 0.322 e. The summed E-state index contributed by atoms with van der Waals surface area (Å²) in [5.74, 6) is 0. The second kappa shape index (κ2) is 9.40. The molecule has 0 aliphatic heterocycles. The number of rotatable bonds is 6. The van der Waals surface area contributed by atoms with Crippen molar-refractivity contribution < 1.29 is 4.79 Å². The Morgan fingerprint density at radius 3 is 2.56 bits per heavy atom. The van der Waals surface area contributed by atoms with Crippen LogP contribution in [0.5, 0.6) is 0 Å². The molecule has 3 aromatic rings. The summed E-state index contributed by atoms with van der Waals surface area (Å²) in [7, 11) is 0. The van der Waals surface area contributed by atoms with Gasteiger partial charge in [-0.25, -0.2) is 4.79 Å². The highest BCUT2D eigenvalue weighted by Gasteiger charge is 2.16. The van der Waals surface area contributed by atoms with Crippen molar-refractivity contribution in [2.75, 3.05) is 11.9 Å². The zero-order valence-corrected chi connectivity index (χ0v) is 16.1. The van der Waals surface area contributed by atoms with Crippen LogP contribution in [0.3, 0.4) is 0 Å². The van der Waals surface area contributed by atoms with Gasteiger partial charge in [-0.1, -0.05) is 53.5 Å². The SMILES string of the molecule is O=C(Nc1cccc(Cl)c1)N(CCc1ccccn1)Cc1ccccc1Cl. The third-order valence-electron chi connectivity index (χ3n) is 4.05. The van der Waals surface area contributed by atoms with E-state index in [9.17, 15) is 4.79 Å². The van der Waals surface area contributed by atoms with E-state index in [0.29, 0.717) is 35.2 Å². The zero-order chi connectivity index (χ0) is 19.1. The Balaban J connectivity index is 1.75. The monoisotopic (exact) mass is 399 g/mol. The van der Waals surface area contributed by atoms with Crippen molar-refractivity contribution >= 4 is 34.9 Å². The molecule has 6 heteroatoms. The maximum atomic E-state index is 12.9. The van der Waals surface area contributed by atoms with Crippen LogP contribution in [0.1, 0.15) is 11.3 Å². The lowest BCUT2D eigenvalue weighted by atomic mass is 10.2. The predicted octanol–water partition coefficient (Wildman–Crippen LogP) is 5.67. The van der Waals surface area contributed by atoms with Gasteiger partial charge in [-0.15, -0.1) is 0 Å². The molecular weight excluding hydrogens is 381 g/mol. The number of carbonyl (C=O) groups excluding carboxylic acids is 1. The molecule has 0 aliphatic rings. The molecule has 0 unspecified atom stereocenters. The van der Waals surface area contributed by atoms with E-state index in [4.69, 9.17) is 23.2 Å². The number of halogens is 2. The van der Waals surface area contributed by atoms with Crippen LogP contribution in [0.15, 0.2) is 72.9 Å². The van der Waals surface area contributed by atoms with Gasteiger partial charge in [0, 0.05) is 47.1 Å². The summed E-state index contributed by atoms with van der Waals surface area (Å²) < 4.78 is 0. The number of urea groups is 1. The molecule has 0 atom stereocenters. The molecule has 138 valence electrons. The summed E-state index contributed by atoms with van der Waals surface area (Å²) in [5, 5.41) is 4.10. The number of aromatic nitrogens is 1. The molecular formula is C21H19Cl2N3O. The van der Waals surface area contributed by atoms with Crippen molar-refractivity contribution in [3.05, 3.63) is 94.2 Å². The normalized spacial score (nSPS) is 10.4. The summed E-state index contributed by atoms with van der Waals surface area (Å²) in [6.07, 6.45) is 2.40. The van der Waals surface area contributed by atoms with Crippen LogP contribution in [0.25, 0.3) is 0 Å². The van der Waals surface area contributed by atoms with Crippen LogP contribution in [0.2, 0.25) is 10.0 Å². The lowest BCUT2D eigenvalue weighted by Gasteiger charge is -2.24. The fraction of sp³-hybridized carbons (Fsp3) is 0.143. The lowest BCUT2D eigenvalue weighted by Crippen LogP contribution is -2.36. The molecule has 0 fully saturated rings. The van der Waals surface area contributed by atoms with Crippen molar-refractivity contribution in [2.45, 2.75) is 13.0 Å². The van der Waals surface area contributed by atoms with Gasteiger partial charge in [-0.2, -0.15) is 0 Å². The number of benzene rings is 2. The number of pyridine rings is 1. The van der Waals surface area contributed by atoms with Gasteiger partial charge in [0.2, 0.25) is 0 Å². The minimum absolute atomic E-state index is 0.215. The Labute approximate surface area is 168 Å². The van der Waals surface area contributed by atoms with Crippen molar-refractivity contribution in [1.29, 1.82) is 0 Å². The molecule has 0 radical (unpaired) electrons. The number of carbonyl (C=O) groups is 1. The number of nitrogens with one attached hydrogen (secondary N) is 1. The highest BCUT2D eigenvalue weighted by Crippen LogP contribution is 2.19. The standard InChI is InChI=1S/C21H19Cl2N3O/c22-17-7-5-9-19(14-17)25-21(27)26(13-11-18-8-3-4-12-24-18)15-16-6-1-2-10-20(16)23/h1-10,12,14H,11,13,15H2,(H,25,27). The van der Waals surface area contributed by atoms with E-state index in [2.05, 4.69) is 10.3 Å². The number of anilines is 1. The Morgan fingerprint density at radius 2 is 1.81 bits per heavy atom. The summed E-state index contributed by atoms with van der Waals surface area (Å²) >= 11 is 12.3. The van der Waals surface area contributed by atoms with E-state index < -0.39 is 0 Å². The van der Waals surface area contributed by atoms with Crippen molar-refractivity contribution in [1.82, 2.24) is 9.88 Å². The van der Waals surface area contributed by atoms with E-state index in [-0.39, 0.29) is 6.03 Å². The first-order valence-corrected chi connectivity index (χ1v) is 9.32. The second-order valence-electron chi connectivity index (χ2n) is 6.02. The van der Waals surface area contributed by atoms with Crippen LogP contribution in [0.4, 0.5) is 10.5 Å².